The molecule has 2 aromatic rings. The first-order valence-electron chi connectivity index (χ1n) is 5.94. The number of carbonyl (C=O) groups excluding carboxylic acids is 1. The third kappa shape index (κ3) is 1.75. The van der Waals surface area contributed by atoms with Gasteiger partial charge in [-0.05, 0) is 30.3 Å². The predicted octanol–water partition coefficient (Wildman–Crippen LogP) is 2.66. The normalized spacial score (nSPS) is 13.6. The van der Waals surface area contributed by atoms with Crippen molar-refractivity contribution in [3.63, 3.8) is 0 Å². The van der Waals surface area contributed by atoms with E-state index < -0.39 is 11.6 Å². The summed E-state index contributed by atoms with van der Waals surface area (Å²) in [6.45, 7) is 0. The predicted molar refractivity (Wildman–Crippen MR) is 71.1 cm³/mol. The van der Waals surface area contributed by atoms with Crippen LogP contribution in [0.2, 0.25) is 0 Å². The molecule has 0 N–H and O–H groups in total. The van der Waals surface area contributed by atoms with Gasteiger partial charge in [-0.3, -0.25) is 4.79 Å². The molecular formula is C15H10FNO3. The van der Waals surface area contributed by atoms with Gasteiger partial charge in [0.1, 0.15) is 17.1 Å². The molecule has 0 atom stereocenters. The second-order valence-corrected chi connectivity index (χ2v) is 4.37. The molecule has 1 aliphatic rings. The van der Waals surface area contributed by atoms with E-state index in [9.17, 15) is 14.4 Å². The van der Waals surface area contributed by atoms with Gasteiger partial charge in [0.2, 0.25) is 5.69 Å². The van der Waals surface area contributed by atoms with Gasteiger partial charge in [-0.15, -0.1) is 0 Å². The lowest BCUT2D eigenvalue weighted by molar-refractivity contribution is -0.355. The molecule has 0 fully saturated rings. The molecule has 4 nitrogen and oxygen atoms in total. The quantitative estimate of drug-likeness (QED) is 0.623. The highest BCUT2D eigenvalue weighted by molar-refractivity contribution is 6.52. The van der Waals surface area contributed by atoms with E-state index >= 15 is 0 Å². The Morgan fingerprint density at radius 2 is 2.00 bits per heavy atom. The third-order valence-electron chi connectivity index (χ3n) is 3.18. The van der Waals surface area contributed by atoms with Crippen LogP contribution in [0.5, 0.6) is 5.75 Å². The average molecular weight is 271 g/mol. The zero-order valence-electron chi connectivity index (χ0n) is 10.6. The minimum Gasteiger partial charge on any atom is -0.618 e. The number of ether oxygens (including phenoxy) is 1. The molecule has 0 radical (unpaired) electrons. The summed E-state index contributed by atoms with van der Waals surface area (Å²) in [6.07, 6.45) is 0. The Morgan fingerprint density at radius 3 is 2.70 bits per heavy atom. The van der Waals surface area contributed by atoms with E-state index in [4.69, 9.17) is 4.74 Å². The standard InChI is InChI=1S/C15H10FNO3/c1-20-11-5-6-12-13(8-11)17(19)14(15(12)18)9-3-2-4-10(16)7-9/h2-8H,1H3. The summed E-state index contributed by atoms with van der Waals surface area (Å²) in [7, 11) is 1.48. The molecule has 1 heterocycles. The molecular weight excluding hydrogens is 261 g/mol. The molecule has 100 valence electrons. The largest absolute Gasteiger partial charge is 0.618 e. The maximum absolute atomic E-state index is 13.3. The first kappa shape index (κ1) is 12.3. The fourth-order valence-electron chi connectivity index (χ4n) is 2.22. The summed E-state index contributed by atoms with van der Waals surface area (Å²) in [6, 6.07) is 10.1. The van der Waals surface area contributed by atoms with E-state index in [2.05, 4.69) is 0 Å². The molecule has 1 aliphatic heterocycles. The van der Waals surface area contributed by atoms with Gasteiger partial charge in [0.25, 0.3) is 11.5 Å². The Balaban J connectivity index is 2.18. The molecule has 0 aromatic heterocycles. The molecule has 0 saturated heterocycles. The van der Waals surface area contributed by atoms with Crippen LogP contribution in [0.25, 0.3) is 0 Å². The van der Waals surface area contributed by atoms with Crippen molar-refractivity contribution in [2.24, 2.45) is 0 Å². The summed E-state index contributed by atoms with van der Waals surface area (Å²) in [5.41, 5.74) is 0.696. The van der Waals surface area contributed by atoms with Crippen molar-refractivity contribution in [2.75, 3.05) is 7.11 Å². The number of Topliss-reactive ketones (excluding diaryl/α,β-unsaturated/α-hetero) is 1. The molecule has 0 unspecified atom stereocenters. The Labute approximate surface area is 114 Å². The van der Waals surface area contributed by atoms with Crippen LogP contribution in [0.4, 0.5) is 10.1 Å². The fourth-order valence-corrected chi connectivity index (χ4v) is 2.22. The maximum Gasteiger partial charge on any atom is 0.273 e. The Bertz CT molecular complexity index is 753. The van der Waals surface area contributed by atoms with Crippen molar-refractivity contribution in [3.8, 4) is 5.75 Å². The lowest BCUT2D eigenvalue weighted by Crippen LogP contribution is -2.16. The number of rotatable bonds is 2. The third-order valence-corrected chi connectivity index (χ3v) is 3.18. The molecule has 2 aromatic carbocycles. The number of fused-ring (bicyclic) bond motifs is 1. The van der Waals surface area contributed by atoms with Crippen LogP contribution in [0.15, 0.2) is 42.5 Å². The number of hydrogen-bond donors (Lipinski definition) is 0. The lowest BCUT2D eigenvalue weighted by atomic mass is 10.0. The number of benzene rings is 2. The molecule has 0 bridgehead atoms. The number of hydrogen-bond acceptors (Lipinski definition) is 3. The SMILES string of the molecule is COc1ccc2c(c1)[N+]([O-])=C(c1cccc(F)c1)C2=O. The van der Waals surface area contributed by atoms with Gasteiger partial charge in [0.05, 0.1) is 18.7 Å². The van der Waals surface area contributed by atoms with Crippen molar-refractivity contribution < 1.29 is 18.7 Å². The average Bonchev–Trinajstić information content (AvgIpc) is 2.70. The van der Waals surface area contributed by atoms with Crippen LogP contribution in [0, 0.1) is 11.0 Å². The maximum atomic E-state index is 13.3. The number of halogens is 1. The molecule has 3 rings (SSSR count). The lowest BCUT2D eigenvalue weighted by Gasteiger charge is -2.03. The van der Waals surface area contributed by atoms with Gasteiger partial charge in [-0.1, -0.05) is 6.07 Å². The topological polar surface area (TPSA) is 52.4 Å². The van der Waals surface area contributed by atoms with E-state index in [0.29, 0.717) is 16.1 Å². The van der Waals surface area contributed by atoms with E-state index in [-0.39, 0.29) is 17.0 Å². The zero-order valence-corrected chi connectivity index (χ0v) is 10.6. The van der Waals surface area contributed by atoms with Gasteiger partial charge in [-0.2, -0.15) is 4.74 Å². The van der Waals surface area contributed by atoms with Gasteiger partial charge < -0.3 is 9.94 Å². The van der Waals surface area contributed by atoms with Crippen molar-refractivity contribution in [1.82, 2.24) is 0 Å². The second kappa shape index (κ2) is 4.45. The summed E-state index contributed by atoms with van der Waals surface area (Å²) in [4.78, 5) is 12.3. The van der Waals surface area contributed by atoms with E-state index in [1.807, 2.05) is 0 Å². The van der Waals surface area contributed by atoms with Gasteiger partial charge >= 0.3 is 0 Å². The summed E-state index contributed by atoms with van der Waals surface area (Å²) in [5, 5.41) is 12.3. The minimum atomic E-state index is -0.496. The number of carbonyl (C=O) groups is 1. The Hall–Kier alpha value is -2.69. The molecule has 20 heavy (non-hydrogen) atoms. The van der Waals surface area contributed by atoms with E-state index in [1.165, 1.54) is 43.5 Å². The van der Waals surface area contributed by atoms with Crippen LogP contribution in [0.3, 0.4) is 0 Å². The summed E-state index contributed by atoms with van der Waals surface area (Å²) in [5.74, 6) is -0.425. The van der Waals surface area contributed by atoms with Gasteiger partial charge in [0, 0.05) is 0 Å². The molecule has 0 saturated carbocycles. The number of methoxy groups -OCH3 is 1. The van der Waals surface area contributed by atoms with E-state index in [1.54, 1.807) is 6.07 Å². The summed E-state index contributed by atoms with van der Waals surface area (Å²) >= 11 is 0. The highest BCUT2D eigenvalue weighted by Crippen LogP contribution is 2.31. The molecule has 0 spiro atoms. The van der Waals surface area contributed by atoms with Crippen molar-refractivity contribution in [3.05, 3.63) is 64.6 Å². The van der Waals surface area contributed by atoms with Gasteiger partial charge in [0.15, 0.2) is 0 Å². The Morgan fingerprint density at radius 1 is 1.20 bits per heavy atom. The van der Waals surface area contributed by atoms with Crippen molar-refractivity contribution >= 4 is 17.2 Å². The van der Waals surface area contributed by atoms with Crippen molar-refractivity contribution in [1.29, 1.82) is 0 Å². The molecule has 5 heteroatoms. The molecule has 0 aliphatic carbocycles. The highest BCUT2D eigenvalue weighted by atomic mass is 19.1. The Kier molecular flexibility index (Phi) is 2.75. The second-order valence-electron chi connectivity index (χ2n) is 4.37. The van der Waals surface area contributed by atoms with Crippen LogP contribution in [0.1, 0.15) is 15.9 Å². The van der Waals surface area contributed by atoms with E-state index in [0.717, 1.165) is 0 Å². The monoisotopic (exact) mass is 271 g/mol. The highest BCUT2D eigenvalue weighted by Gasteiger charge is 2.36. The van der Waals surface area contributed by atoms with Gasteiger partial charge in [-0.25, -0.2) is 4.39 Å². The van der Waals surface area contributed by atoms with Crippen LogP contribution in [-0.2, 0) is 0 Å². The first-order valence-corrected chi connectivity index (χ1v) is 5.94. The fraction of sp³-hybridized carbons (Fsp3) is 0.0667. The van der Waals surface area contributed by atoms with Crippen LogP contribution >= 0.6 is 0 Å². The number of ketones is 1. The molecule has 0 amide bonds. The zero-order chi connectivity index (χ0) is 14.3. The smallest absolute Gasteiger partial charge is 0.273 e. The van der Waals surface area contributed by atoms with Crippen LogP contribution < -0.4 is 4.74 Å². The summed E-state index contributed by atoms with van der Waals surface area (Å²) < 4.78 is 18.8. The first-order chi connectivity index (χ1) is 9.61. The number of nitrogens with zero attached hydrogens (tertiary/aromatic N) is 1. The minimum absolute atomic E-state index is 0.0762. The van der Waals surface area contributed by atoms with Crippen molar-refractivity contribution in [2.45, 2.75) is 0 Å². The van der Waals surface area contributed by atoms with Crippen LogP contribution in [-0.4, -0.2) is 23.3 Å².